The number of nitrogens with zero attached hydrogens (tertiary/aromatic N) is 2. The molecule has 3 heteroatoms. The molecule has 12 aromatic carbocycles. The van der Waals surface area contributed by atoms with Gasteiger partial charge in [-0.3, -0.25) is 0 Å². The van der Waals surface area contributed by atoms with E-state index in [-0.39, 0.29) is 10.8 Å². The summed E-state index contributed by atoms with van der Waals surface area (Å²) < 4.78 is 6.97. The van der Waals surface area contributed by atoms with Crippen LogP contribution in [0, 0.1) is 0 Å². The Hall–Kier alpha value is -9.44. The fourth-order valence-corrected chi connectivity index (χ4v) is 11.4. The van der Waals surface area contributed by atoms with Crippen molar-refractivity contribution in [3.63, 3.8) is 0 Å². The standard InChI is InChI=1S/C76H62N2O/c1-75(2,3)61-35-39-67(53-25-15-9-16-26-53)71(49-61)77(63-31-19-29-55(41-63)51-21-11-7-12-22-51)65-37-33-57-45-69-70-46-58-34-38-66(44-60(58)48-74(70)79-73(69)47-59(57)43-65)78(64-32-20-30-56(42-64)52-23-13-8-14-24-52)72-50-62(76(4,5)6)36-40-68(72)54-27-17-10-18-28-54/h7-50H,1-6H3. The Morgan fingerprint density at radius 3 is 1.00 bits per heavy atom. The summed E-state index contributed by atoms with van der Waals surface area (Å²) in [6, 6.07) is 97.6. The molecule has 0 aliphatic heterocycles. The Labute approximate surface area is 464 Å². The van der Waals surface area contributed by atoms with Gasteiger partial charge >= 0.3 is 0 Å². The lowest BCUT2D eigenvalue weighted by Gasteiger charge is -2.31. The summed E-state index contributed by atoms with van der Waals surface area (Å²) in [7, 11) is 0. The first-order valence-corrected chi connectivity index (χ1v) is 27.5. The first-order valence-electron chi connectivity index (χ1n) is 27.5. The van der Waals surface area contributed by atoms with Gasteiger partial charge in [-0.15, -0.1) is 0 Å². The summed E-state index contributed by atoms with van der Waals surface area (Å²) in [6.45, 7) is 13.8. The van der Waals surface area contributed by atoms with Gasteiger partial charge in [0.05, 0.1) is 11.4 Å². The Bertz CT molecular complexity index is 4090. The van der Waals surface area contributed by atoms with Gasteiger partial charge in [-0.2, -0.15) is 0 Å². The van der Waals surface area contributed by atoms with E-state index in [4.69, 9.17) is 4.42 Å². The van der Waals surface area contributed by atoms with Gasteiger partial charge in [-0.05, 0) is 162 Å². The zero-order valence-electron chi connectivity index (χ0n) is 45.7. The first-order chi connectivity index (χ1) is 38.4. The Kier molecular flexibility index (Phi) is 12.4. The smallest absolute Gasteiger partial charge is 0.136 e. The summed E-state index contributed by atoms with van der Waals surface area (Å²) in [5, 5.41) is 6.72. The van der Waals surface area contributed by atoms with E-state index in [1.807, 2.05) is 0 Å². The summed E-state index contributed by atoms with van der Waals surface area (Å²) >= 11 is 0. The van der Waals surface area contributed by atoms with Crippen LogP contribution in [0.3, 0.4) is 0 Å². The van der Waals surface area contributed by atoms with Crippen LogP contribution in [-0.2, 0) is 10.8 Å². The molecule has 0 unspecified atom stereocenters. The van der Waals surface area contributed by atoms with Crippen LogP contribution in [0.25, 0.3) is 88.0 Å². The van der Waals surface area contributed by atoms with Crippen molar-refractivity contribution in [3.05, 3.63) is 278 Å². The lowest BCUT2D eigenvalue weighted by molar-refractivity contribution is 0.590. The van der Waals surface area contributed by atoms with Crippen molar-refractivity contribution in [3.8, 4) is 44.5 Å². The SMILES string of the molecule is CC(C)(C)c1ccc(-c2ccccc2)c(N(c2cccc(-c3ccccc3)c2)c2ccc3cc4c(cc3c2)oc2cc3cc(N(c5cccc(-c6ccccc6)c5)c5cc(C(C)(C)C)ccc5-c5ccccc5)ccc3cc24)c1. The highest BCUT2D eigenvalue weighted by Crippen LogP contribution is 2.48. The van der Waals surface area contributed by atoms with Gasteiger partial charge in [0.1, 0.15) is 11.2 Å². The normalized spacial score (nSPS) is 11.9. The van der Waals surface area contributed by atoms with E-state index in [1.54, 1.807) is 0 Å². The molecule has 13 rings (SSSR count). The molecule has 0 amide bonds. The highest BCUT2D eigenvalue weighted by molar-refractivity contribution is 6.14. The Morgan fingerprint density at radius 1 is 0.266 bits per heavy atom. The number of fused-ring (bicyclic) bond motifs is 5. The van der Waals surface area contributed by atoms with Crippen molar-refractivity contribution in [1.29, 1.82) is 0 Å². The third kappa shape index (κ3) is 9.53. The molecule has 0 saturated carbocycles. The minimum atomic E-state index is -0.0675. The lowest BCUT2D eigenvalue weighted by atomic mass is 9.85. The van der Waals surface area contributed by atoms with Crippen LogP contribution in [0.4, 0.5) is 34.1 Å². The quantitative estimate of drug-likeness (QED) is 0.136. The molecular weight excluding hydrogens is 957 g/mol. The minimum absolute atomic E-state index is 0.0675. The predicted octanol–water partition coefficient (Wildman–Crippen LogP) is 22.1. The molecule has 1 heterocycles. The maximum atomic E-state index is 6.97. The summed E-state index contributed by atoms with van der Waals surface area (Å²) in [5.74, 6) is 0. The topological polar surface area (TPSA) is 19.6 Å². The van der Waals surface area contributed by atoms with Gasteiger partial charge in [-0.25, -0.2) is 0 Å². The fourth-order valence-electron chi connectivity index (χ4n) is 11.4. The van der Waals surface area contributed by atoms with Crippen LogP contribution in [0.2, 0.25) is 0 Å². The molecule has 382 valence electrons. The second-order valence-corrected chi connectivity index (χ2v) is 23.1. The largest absolute Gasteiger partial charge is 0.456 e. The molecule has 3 nitrogen and oxygen atoms in total. The van der Waals surface area contributed by atoms with Crippen LogP contribution in [0.5, 0.6) is 0 Å². The maximum Gasteiger partial charge on any atom is 0.136 e. The third-order valence-electron chi connectivity index (χ3n) is 15.7. The van der Waals surface area contributed by atoms with Crippen molar-refractivity contribution in [2.24, 2.45) is 0 Å². The summed E-state index contributed by atoms with van der Waals surface area (Å²) in [4.78, 5) is 4.89. The molecule has 13 aromatic rings. The molecule has 0 aliphatic rings. The van der Waals surface area contributed by atoms with Crippen molar-refractivity contribution >= 4 is 77.6 Å². The predicted molar refractivity (Wildman–Crippen MR) is 337 cm³/mol. The highest BCUT2D eigenvalue weighted by atomic mass is 16.3. The number of benzene rings is 12. The number of furan rings is 1. The van der Waals surface area contributed by atoms with E-state index < -0.39 is 0 Å². The van der Waals surface area contributed by atoms with E-state index in [2.05, 4.69) is 318 Å². The zero-order chi connectivity index (χ0) is 53.8. The fraction of sp³-hybridized carbons (Fsp3) is 0.105. The van der Waals surface area contributed by atoms with Crippen LogP contribution >= 0.6 is 0 Å². The third-order valence-corrected chi connectivity index (χ3v) is 15.7. The second-order valence-electron chi connectivity index (χ2n) is 23.1. The van der Waals surface area contributed by atoms with Gasteiger partial charge in [0, 0.05) is 44.6 Å². The van der Waals surface area contributed by atoms with Crippen LogP contribution in [-0.4, -0.2) is 0 Å². The van der Waals surface area contributed by atoms with Crippen LogP contribution in [0.1, 0.15) is 52.7 Å². The summed E-state index contributed by atoms with van der Waals surface area (Å²) in [5.41, 5.74) is 20.0. The van der Waals surface area contributed by atoms with Crippen molar-refractivity contribution in [2.45, 2.75) is 52.4 Å². The Morgan fingerprint density at radius 2 is 0.620 bits per heavy atom. The highest BCUT2D eigenvalue weighted by Gasteiger charge is 2.25. The number of hydrogen-bond donors (Lipinski definition) is 0. The van der Waals surface area contributed by atoms with E-state index >= 15 is 0 Å². The maximum absolute atomic E-state index is 6.97. The minimum Gasteiger partial charge on any atom is -0.456 e. The molecule has 0 aliphatic carbocycles. The molecule has 0 radical (unpaired) electrons. The van der Waals surface area contributed by atoms with Crippen molar-refractivity contribution in [2.75, 3.05) is 9.80 Å². The van der Waals surface area contributed by atoms with Crippen molar-refractivity contribution < 1.29 is 4.42 Å². The average Bonchev–Trinajstić information content (AvgIpc) is 3.99. The van der Waals surface area contributed by atoms with Gasteiger partial charge in [0.15, 0.2) is 0 Å². The number of rotatable bonds is 10. The number of anilines is 6. The molecule has 0 fully saturated rings. The van der Waals surface area contributed by atoms with E-state index in [9.17, 15) is 0 Å². The molecule has 0 N–H and O–H groups in total. The van der Waals surface area contributed by atoms with E-state index in [0.29, 0.717) is 0 Å². The molecule has 79 heavy (non-hydrogen) atoms. The molecular formula is C76H62N2O. The van der Waals surface area contributed by atoms with Gasteiger partial charge in [0.25, 0.3) is 0 Å². The van der Waals surface area contributed by atoms with Gasteiger partial charge in [-0.1, -0.05) is 224 Å². The van der Waals surface area contributed by atoms with E-state index in [1.165, 1.54) is 44.5 Å². The van der Waals surface area contributed by atoms with Crippen LogP contribution in [0.15, 0.2) is 271 Å². The second kappa shape index (κ2) is 19.8. The van der Waals surface area contributed by atoms with Crippen molar-refractivity contribution in [1.82, 2.24) is 0 Å². The van der Waals surface area contributed by atoms with Crippen LogP contribution < -0.4 is 9.80 Å². The average molecular weight is 1020 g/mol. The lowest BCUT2D eigenvalue weighted by Crippen LogP contribution is -2.15. The Balaban J connectivity index is 0.961. The summed E-state index contributed by atoms with van der Waals surface area (Å²) in [6.07, 6.45) is 0. The van der Waals surface area contributed by atoms with Gasteiger partial charge in [0.2, 0.25) is 0 Å². The molecule has 0 bridgehead atoms. The molecule has 0 atom stereocenters. The molecule has 0 saturated heterocycles. The molecule has 1 aromatic heterocycles. The first kappa shape index (κ1) is 49.2. The monoisotopic (exact) mass is 1020 g/mol. The molecule has 0 spiro atoms. The zero-order valence-corrected chi connectivity index (χ0v) is 45.7. The van der Waals surface area contributed by atoms with E-state index in [0.717, 1.165) is 88.7 Å². The number of hydrogen-bond acceptors (Lipinski definition) is 3. The van der Waals surface area contributed by atoms with Gasteiger partial charge < -0.3 is 14.2 Å².